The standard InChI is InChI=1S/C16H23N3/c1-3-14-11-15-13(5-4-6-16(15)17-14)12-19-9-7-18(2)8-10-19/h4-6,11,17H,3,7-10,12H2,1-2H3. The van der Waals surface area contributed by atoms with Crippen molar-refractivity contribution >= 4 is 10.9 Å². The lowest BCUT2D eigenvalue weighted by atomic mass is 10.1. The van der Waals surface area contributed by atoms with Gasteiger partial charge < -0.3 is 9.88 Å². The Morgan fingerprint density at radius 2 is 1.95 bits per heavy atom. The molecular formula is C16H23N3. The Morgan fingerprint density at radius 3 is 2.68 bits per heavy atom. The molecular weight excluding hydrogens is 234 g/mol. The number of rotatable bonds is 3. The minimum absolute atomic E-state index is 1.07. The molecule has 2 aromatic rings. The van der Waals surface area contributed by atoms with Crippen molar-refractivity contribution in [3.05, 3.63) is 35.5 Å². The van der Waals surface area contributed by atoms with Gasteiger partial charge in [-0.1, -0.05) is 19.1 Å². The zero-order chi connectivity index (χ0) is 13.2. The van der Waals surface area contributed by atoms with Crippen LogP contribution < -0.4 is 0 Å². The van der Waals surface area contributed by atoms with Gasteiger partial charge in [-0.25, -0.2) is 0 Å². The van der Waals surface area contributed by atoms with Crippen molar-refractivity contribution in [3.63, 3.8) is 0 Å². The van der Waals surface area contributed by atoms with Crippen LogP contribution in [0.15, 0.2) is 24.3 Å². The summed E-state index contributed by atoms with van der Waals surface area (Å²) < 4.78 is 0. The van der Waals surface area contributed by atoms with Gasteiger partial charge in [0.25, 0.3) is 0 Å². The fourth-order valence-corrected chi connectivity index (χ4v) is 2.85. The number of hydrogen-bond acceptors (Lipinski definition) is 2. The number of fused-ring (bicyclic) bond motifs is 1. The van der Waals surface area contributed by atoms with E-state index in [0.29, 0.717) is 0 Å². The molecule has 0 atom stereocenters. The first-order chi connectivity index (χ1) is 9.26. The van der Waals surface area contributed by atoms with Crippen molar-refractivity contribution in [1.29, 1.82) is 0 Å². The van der Waals surface area contributed by atoms with Crippen LogP contribution in [0.4, 0.5) is 0 Å². The van der Waals surface area contributed by atoms with Crippen molar-refractivity contribution < 1.29 is 0 Å². The van der Waals surface area contributed by atoms with Gasteiger partial charge in [-0.3, -0.25) is 4.90 Å². The molecule has 102 valence electrons. The smallest absolute Gasteiger partial charge is 0.0459 e. The molecule has 0 amide bonds. The maximum atomic E-state index is 3.50. The number of nitrogens with zero attached hydrogens (tertiary/aromatic N) is 2. The highest BCUT2D eigenvalue weighted by Crippen LogP contribution is 2.22. The lowest BCUT2D eigenvalue weighted by Gasteiger charge is -2.32. The lowest BCUT2D eigenvalue weighted by Crippen LogP contribution is -2.43. The van der Waals surface area contributed by atoms with E-state index in [9.17, 15) is 0 Å². The van der Waals surface area contributed by atoms with E-state index in [4.69, 9.17) is 0 Å². The zero-order valence-electron chi connectivity index (χ0n) is 11.9. The molecule has 1 aliphatic rings. The minimum Gasteiger partial charge on any atom is -0.358 e. The van der Waals surface area contributed by atoms with Crippen LogP contribution in [0.1, 0.15) is 18.2 Å². The maximum Gasteiger partial charge on any atom is 0.0459 e. The van der Waals surface area contributed by atoms with Gasteiger partial charge in [-0.2, -0.15) is 0 Å². The Balaban J connectivity index is 1.82. The highest BCUT2D eigenvalue weighted by molar-refractivity contribution is 5.83. The summed E-state index contributed by atoms with van der Waals surface area (Å²) >= 11 is 0. The van der Waals surface area contributed by atoms with Crippen molar-refractivity contribution in [2.24, 2.45) is 0 Å². The summed E-state index contributed by atoms with van der Waals surface area (Å²) in [6, 6.07) is 8.94. The van der Waals surface area contributed by atoms with E-state index in [1.54, 1.807) is 0 Å². The topological polar surface area (TPSA) is 22.3 Å². The van der Waals surface area contributed by atoms with Crippen LogP contribution in [0.2, 0.25) is 0 Å². The van der Waals surface area contributed by atoms with E-state index in [2.05, 4.69) is 53.0 Å². The summed E-state index contributed by atoms with van der Waals surface area (Å²) in [6.45, 7) is 8.00. The zero-order valence-corrected chi connectivity index (χ0v) is 11.9. The van der Waals surface area contributed by atoms with Crippen LogP contribution in [0.3, 0.4) is 0 Å². The summed E-state index contributed by atoms with van der Waals surface area (Å²) in [6.07, 6.45) is 1.07. The molecule has 0 spiro atoms. The third-order valence-corrected chi connectivity index (χ3v) is 4.18. The number of aryl methyl sites for hydroxylation is 1. The fraction of sp³-hybridized carbons (Fsp3) is 0.500. The summed E-state index contributed by atoms with van der Waals surface area (Å²) in [5.74, 6) is 0. The molecule has 3 nitrogen and oxygen atoms in total. The molecule has 0 aliphatic carbocycles. The number of nitrogens with one attached hydrogen (secondary N) is 1. The van der Waals surface area contributed by atoms with Gasteiger partial charge >= 0.3 is 0 Å². The Labute approximate surface area is 115 Å². The van der Waals surface area contributed by atoms with Gasteiger partial charge in [-0.15, -0.1) is 0 Å². The quantitative estimate of drug-likeness (QED) is 0.912. The normalized spacial score (nSPS) is 18.2. The highest BCUT2D eigenvalue weighted by atomic mass is 15.2. The van der Waals surface area contributed by atoms with Gasteiger partial charge in [-0.05, 0) is 31.2 Å². The second kappa shape index (κ2) is 5.35. The van der Waals surface area contributed by atoms with Crippen LogP contribution in [0.25, 0.3) is 10.9 Å². The van der Waals surface area contributed by atoms with E-state index in [1.807, 2.05) is 0 Å². The van der Waals surface area contributed by atoms with Crippen LogP contribution in [-0.4, -0.2) is 48.0 Å². The third kappa shape index (κ3) is 2.67. The van der Waals surface area contributed by atoms with Crippen LogP contribution in [-0.2, 0) is 13.0 Å². The Morgan fingerprint density at radius 1 is 1.16 bits per heavy atom. The first-order valence-electron chi connectivity index (χ1n) is 7.26. The number of benzene rings is 1. The van der Waals surface area contributed by atoms with E-state index >= 15 is 0 Å². The fourth-order valence-electron chi connectivity index (χ4n) is 2.85. The third-order valence-electron chi connectivity index (χ3n) is 4.18. The monoisotopic (exact) mass is 257 g/mol. The first kappa shape index (κ1) is 12.7. The predicted octanol–water partition coefficient (Wildman–Crippen LogP) is 2.48. The van der Waals surface area contributed by atoms with Crippen molar-refractivity contribution in [2.75, 3.05) is 33.2 Å². The van der Waals surface area contributed by atoms with E-state index in [1.165, 1.54) is 48.3 Å². The SMILES string of the molecule is CCc1cc2c(CN3CCN(C)CC3)cccc2[nH]1. The molecule has 2 heterocycles. The molecule has 1 fully saturated rings. The number of hydrogen-bond donors (Lipinski definition) is 1. The van der Waals surface area contributed by atoms with Crippen molar-refractivity contribution in [3.8, 4) is 0 Å². The summed E-state index contributed by atoms with van der Waals surface area (Å²) in [5.41, 5.74) is 4.07. The molecule has 0 saturated carbocycles. The van der Waals surface area contributed by atoms with E-state index in [0.717, 1.165) is 13.0 Å². The number of H-pyrrole nitrogens is 1. The molecule has 1 aromatic heterocycles. The summed E-state index contributed by atoms with van der Waals surface area (Å²) in [4.78, 5) is 8.47. The molecule has 0 radical (unpaired) electrons. The summed E-state index contributed by atoms with van der Waals surface area (Å²) in [7, 11) is 2.21. The Kier molecular flexibility index (Phi) is 3.58. The number of likely N-dealkylation sites (N-methyl/N-ethyl adjacent to an activating group) is 1. The van der Waals surface area contributed by atoms with Crippen molar-refractivity contribution in [2.45, 2.75) is 19.9 Å². The first-order valence-corrected chi connectivity index (χ1v) is 7.26. The van der Waals surface area contributed by atoms with Gasteiger partial charge in [0, 0.05) is 49.3 Å². The van der Waals surface area contributed by atoms with E-state index < -0.39 is 0 Å². The second-order valence-electron chi connectivity index (χ2n) is 5.61. The van der Waals surface area contributed by atoms with Crippen LogP contribution in [0, 0.1) is 0 Å². The molecule has 3 heteroatoms. The molecule has 1 aromatic carbocycles. The predicted molar refractivity (Wildman–Crippen MR) is 80.5 cm³/mol. The largest absolute Gasteiger partial charge is 0.358 e. The minimum atomic E-state index is 1.07. The van der Waals surface area contributed by atoms with Crippen LogP contribution in [0.5, 0.6) is 0 Å². The molecule has 1 aliphatic heterocycles. The molecule has 3 rings (SSSR count). The van der Waals surface area contributed by atoms with E-state index in [-0.39, 0.29) is 0 Å². The maximum absolute atomic E-state index is 3.50. The second-order valence-corrected chi connectivity index (χ2v) is 5.61. The van der Waals surface area contributed by atoms with Crippen molar-refractivity contribution in [1.82, 2.24) is 14.8 Å². The Bertz CT molecular complexity index is 550. The number of aromatic nitrogens is 1. The summed E-state index contributed by atoms with van der Waals surface area (Å²) in [5, 5.41) is 1.40. The molecule has 19 heavy (non-hydrogen) atoms. The van der Waals surface area contributed by atoms with Gasteiger partial charge in [0.15, 0.2) is 0 Å². The Hall–Kier alpha value is -1.32. The average Bonchev–Trinajstić information content (AvgIpc) is 2.85. The van der Waals surface area contributed by atoms with Gasteiger partial charge in [0.05, 0.1) is 0 Å². The van der Waals surface area contributed by atoms with Gasteiger partial charge in [0.1, 0.15) is 0 Å². The van der Waals surface area contributed by atoms with Gasteiger partial charge in [0.2, 0.25) is 0 Å². The number of piperazine rings is 1. The molecule has 1 saturated heterocycles. The molecule has 0 bridgehead atoms. The average molecular weight is 257 g/mol. The lowest BCUT2D eigenvalue weighted by molar-refractivity contribution is 0.148. The molecule has 0 unspecified atom stereocenters. The highest BCUT2D eigenvalue weighted by Gasteiger charge is 2.15. The molecule has 1 N–H and O–H groups in total. The van der Waals surface area contributed by atoms with Crippen LogP contribution >= 0.6 is 0 Å². The number of aromatic amines is 1.